The summed E-state index contributed by atoms with van der Waals surface area (Å²) in [5.74, 6) is 0. The minimum Gasteiger partial charge on any atom is -0.395 e. The lowest BCUT2D eigenvalue weighted by Gasteiger charge is -2.27. The Morgan fingerprint density at radius 2 is 1.83 bits per heavy atom. The number of hydrogen-bond acceptors (Lipinski definition) is 4. The number of likely N-dealkylation sites (N-methyl/N-ethyl adjacent to an activating group) is 1. The Morgan fingerprint density at radius 3 is 2.17 bits per heavy atom. The predicted molar refractivity (Wildman–Crippen MR) is 46.9 cm³/mol. The lowest BCUT2D eigenvalue weighted by molar-refractivity contribution is 0.0380. The van der Waals surface area contributed by atoms with Gasteiger partial charge in [0.05, 0.1) is 19.3 Å². The number of aliphatic hydroxyl groups excluding tert-OH is 3. The van der Waals surface area contributed by atoms with Crippen LogP contribution in [0.1, 0.15) is 13.8 Å². The van der Waals surface area contributed by atoms with Crippen molar-refractivity contribution in [3.05, 3.63) is 0 Å². The molecule has 0 aliphatic heterocycles. The van der Waals surface area contributed by atoms with Gasteiger partial charge < -0.3 is 15.3 Å². The molecule has 0 amide bonds. The lowest BCUT2D eigenvalue weighted by Crippen LogP contribution is -2.41. The molecule has 2 unspecified atom stereocenters. The van der Waals surface area contributed by atoms with Crippen LogP contribution in [-0.2, 0) is 0 Å². The maximum Gasteiger partial charge on any atom is 0.0897 e. The van der Waals surface area contributed by atoms with E-state index in [4.69, 9.17) is 15.3 Å². The van der Waals surface area contributed by atoms with E-state index in [0.717, 1.165) is 6.54 Å². The van der Waals surface area contributed by atoms with Crippen molar-refractivity contribution in [3.63, 3.8) is 0 Å². The number of nitrogens with zero attached hydrogens (tertiary/aromatic N) is 1. The molecule has 0 bridgehead atoms. The van der Waals surface area contributed by atoms with Gasteiger partial charge in [0.15, 0.2) is 0 Å². The summed E-state index contributed by atoms with van der Waals surface area (Å²) >= 11 is 0. The smallest absolute Gasteiger partial charge is 0.0897 e. The van der Waals surface area contributed by atoms with Crippen molar-refractivity contribution in [3.8, 4) is 0 Å². The SMILES string of the molecule is CCN(CC(O)CO)C(C)CO. The van der Waals surface area contributed by atoms with Crippen LogP contribution in [0.25, 0.3) is 0 Å². The summed E-state index contributed by atoms with van der Waals surface area (Å²) in [5, 5.41) is 26.6. The summed E-state index contributed by atoms with van der Waals surface area (Å²) in [7, 11) is 0. The van der Waals surface area contributed by atoms with Gasteiger partial charge in [0.1, 0.15) is 0 Å². The van der Waals surface area contributed by atoms with Gasteiger partial charge in [-0.05, 0) is 13.5 Å². The molecule has 12 heavy (non-hydrogen) atoms. The first-order valence-electron chi connectivity index (χ1n) is 4.29. The van der Waals surface area contributed by atoms with Crippen LogP contribution in [0.4, 0.5) is 0 Å². The Hall–Kier alpha value is -0.160. The van der Waals surface area contributed by atoms with E-state index in [2.05, 4.69) is 0 Å². The van der Waals surface area contributed by atoms with Gasteiger partial charge in [0.25, 0.3) is 0 Å². The third-order valence-electron chi connectivity index (χ3n) is 1.95. The van der Waals surface area contributed by atoms with Crippen molar-refractivity contribution in [2.24, 2.45) is 0 Å². The summed E-state index contributed by atoms with van der Waals surface area (Å²) in [6, 6.07) is 0.0381. The van der Waals surface area contributed by atoms with Crippen molar-refractivity contribution in [2.45, 2.75) is 26.0 Å². The van der Waals surface area contributed by atoms with Crippen molar-refractivity contribution in [1.82, 2.24) is 4.90 Å². The Balaban J connectivity index is 3.81. The highest BCUT2D eigenvalue weighted by Crippen LogP contribution is 1.99. The first-order chi connectivity index (χ1) is 5.65. The molecule has 0 saturated heterocycles. The summed E-state index contributed by atoms with van der Waals surface area (Å²) in [4.78, 5) is 1.92. The van der Waals surface area contributed by atoms with Crippen LogP contribution in [0.15, 0.2) is 0 Å². The van der Waals surface area contributed by atoms with Gasteiger partial charge in [-0.15, -0.1) is 0 Å². The van der Waals surface area contributed by atoms with Gasteiger partial charge in [0.2, 0.25) is 0 Å². The van der Waals surface area contributed by atoms with Gasteiger partial charge in [-0.3, -0.25) is 4.90 Å². The maximum absolute atomic E-state index is 9.13. The molecule has 0 heterocycles. The standard InChI is InChI=1S/C8H19NO3/c1-3-9(7(2)5-10)4-8(12)6-11/h7-8,10-12H,3-6H2,1-2H3. The molecule has 0 radical (unpaired) electrons. The van der Waals surface area contributed by atoms with Gasteiger partial charge in [0, 0.05) is 12.6 Å². The third-order valence-corrected chi connectivity index (χ3v) is 1.95. The summed E-state index contributed by atoms with van der Waals surface area (Å²) < 4.78 is 0. The van der Waals surface area contributed by atoms with E-state index in [1.807, 2.05) is 18.7 Å². The fourth-order valence-corrected chi connectivity index (χ4v) is 1.06. The fourth-order valence-electron chi connectivity index (χ4n) is 1.06. The normalized spacial score (nSPS) is 16.5. The molecule has 0 aliphatic carbocycles. The highest BCUT2D eigenvalue weighted by atomic mass is 16.3. The molecule has 0 aromatic rings. The predicted octanol–water partition coefficient (Wildman–Crippen LogP) is -0.958. The summed E-state index contributed by atoms with van der Waals surface area (Å²) in [6.45, 7) is 4.86. The number of aliphatic hydroxyl groups is 3. The molecule has 74 valence electrons. The fraction of sp³-hybridized carbons (Fsp3) is 1.00. The van der Waals surface area contributed by atoms with E-state index in [1.165, 1.54) is 0 Å². The third kappa shape index (κ3) is 4.01. The number of hydrogen-bond donors (Lipinski definition) is 3. The molecule has 0 aromatic carbocycles. The van der Waals surface area contributed by atoms with Crippen molar-refractivity contribution < 1.29 is 15.3 Å². The molecular weight excluding hydrogens is 158 g/mol. The van der Waals surface area contributed by atoms with E-state index in [-0.39, 0.29) is 19.3 Å². The lowest BCUT2D eigenvalue weighted by atomic mass is 10.2. The quantitative estimate of drug-likeness (QED) is 0.489. The highest BCUT2D eigenvalue weighted by Gasteiger charge is 2.14. The number of rotatable bonds is 6. The van der Waals surface area contributed by atoms with Crippen LogP contribution in [0.3, 0.4) is 0 Å². The molecule has 3 N–H and O–H groups in total. The zero-order valence-corrected chi connectivity index (χ0v) is 7.77. The van der Waals surface area contributed by atoms with Crippen molar-refractivity contribution in [1.29, 1.82) is 0 Å². The average molecular weight is 177 g/mol. The van der Waals surface area contributed by atoms with Crippen molar-refractivity contribution in [2.75, 3.05) is 26.3 Å². The molecule has 0 aliphatic rings. The second kappa shape index (κ2) is 6.37. The first-order valence-corrected chi connectivity index (χ1v) is 4.29. The molecule has 0 saturated carbocycles. The topological polar surface area (TPSA) is 63.9 Å². The minimum atomic E-state index is -0.709. The first kappa shape index (κ1) is 11.8. The van der Waals surface area contributed by atoms with Gasteiger partial charge in [-0.1, -0.05) is 6.92 Å². The van der Waals surface area contributed by atoms with E-state index in [9.17, 15) is 0 Å². The Labute approximate surface area is 73.4 Å². The van der Waals surface area contributed by atoms with Crippen LogP contribution < -0.4 is 0 Å². The van der Waals surface area contributed by atoms with E-state index in [0.29, 0.717) is 6.54 Å². The van der Waals surface area contributed by atoms with Gasteiger partial charge >= 0.3 is 0 Å². The molecular formula is C8H19NO3. The second-order valence-corrected chi connectivity index (χ2v) is 2.96. The monoisotopic (exact) mass is 177 g/mol. The average Bonchev–Trinajstić information content (AvgIpc) is 2.12. The highest BCUT2D eigenvalue weighted by molar-refractivity contribution is 4.68. The van der Waals surface area contributed by atoms with Crippen LogP contribution in [0, 0.1) is 0 Å². The molecule has 4 heteroatoms. The molecule has 0 rings (SSSR count). The zero-order valence-electron chi connectivity index (χ0n) is 7.77. The largest absolute Gasteiger partial charge is 0.395 e. The molecule has 2 atom stereocenters. The molecule has 4 nitrogen and oxygen atoms in total. The van der Waals surface area contributed by atoms with Crippen LogP contribution >= 0.6 is 0 Å². The zero-order chi connectivity index (χ0) is 9.56. The summed E-state index contributed by atoms with van der Waals surface area (Å²) in [5.41, 5.74) is 0. The van der Waals surface area contributed by atoms with Crippen LogP contribution in [0.5, 0.6) is 0 Å². The summed E-state index contributed by atoms with van der Waals surface area (Å²) in [6.07, 6.45) is -0.709. The molecule has 0 aromatic heterocycles. The Morgan fingerprint density at radius 1 is 1.25 bits per heavy atom. The molecule has 0 fully saturated rings. The second-order valence-electron chi connectivity index (χ2n) is 2.96. The minimum absolute atomic E-state index is 0.0381. The van der Waals surface area contributed by atoms with Crippen molar-refractivity contribution >= 4 is 0 Å². The van der Waals surface area contributed by atoms with E-state index in [1.54, 1.807) is 0 Å². The Bertz CT molecular complexity index is 110. The van der Waals surface area contributed by atoms with E-state index >= 15 is 0 Å². The Kier molecular flexibility index (Phi) is 6.28. The van der Waals surface area contributed by atoms with Crippen LogP contribution in [0.2, 0.25) is 0 Å². The maximum atomic E-state index is 9.13. The van der Waals surface area contributed by atoms with Gasteiger partial charge in [-0.2, -0.15) is 0 Å². The van der Waals surface area contributed by atoms with Crippen LogP contribution in [-0.4, -0.2) is 58.7 Å². The molecule has 0 spiro atoms. The van der Waals surface area contributed by atoms with E-state index < -0.39 is 6.10 Å². The van der Waals surface area contributed by atoms with Gasteiger partial charge in [-0.25, -0.2) is 0 Å².